The van der Waals surface area contributed by atoms with Crippen LogP contribution in [0.5, 0.6) is 0 Å². The number of hydrogen-bond acceptors (Lipinski definition) is 2. The molecule has 1 unspecified atom stereocenters. The molecule has 1 aliphatic rings. The van der Waals surface area contributed by atoms with Crippen LogP contribution in [0.3, 0.4) is 0 Å². The lowest BCUT2D eigenvalue weighted by Gasteiger charge is -2.32. The number of alkyl halides is 1. The van der Waals surface area contributed by atoms with Crippen LogP contribution in [0, 0.1) is 5.92 Å². The summed E-state index contributed by atoms with van der Waals surface area (Å²) in [6.07, 6.45) is 5.36. The smallest absolute Gasteiger partial charge is 0.255 e. The fourth-order valence-corrected chi connectivity index (χ4v) is 2.82. The minimum Gasteiger partial charge on any atom is -0.338 e. The quantitative estimate of drug-likeness (QED) is 0.786. The van der Waals surface area contributed by atoms with Crippen LogP contribution in [0.4, 0.5) is 0 Å². The van der Waals surface area contributed by atoms with Crippen molar-refractivity contribution in [1.29, 1.82) is 0 Å². The maximum absolute atomic E-state index is 12.3. The lowest BCUT2D eigenvalue weighted by atomic mass is 9.99. The number of carbonyl (C=O) groups is 1. The van der Waals surface area contributed by atoms with Crippen LogP contribution in [0.2, 0.25) is 5.02 Å². The van der Waals surface area contributed by atoms with E-state index in [1.54, 1.807) is 12.3 Å². The molecule has 2 rings (SSSR count). The van der Waals surface area contributed by atoms with Crippen molar-refractivity contribution in [2.75, 3.05) is 18.4 Å². The maximum atomic E-state index is 12.3. The van der Waals surface area contributed by atoms with Gasteiger partial charge in [0, 0.05) is 30.8 Å². The number of likely N-dealkylation sites (tertiary alicyclic amines) is 1. The molecule has 0 radical (unpaired) electrons. The van der Waals surface area contributed by atoms with E-state index in [0.29, 0.717) is 16.5 Å². The first-order valence-corrected chi connectivity index (χ1v) is 7.17. The number of rotatable bonds is 2. The molecule has 0 bridgehead atoms. The van der Waals surface area contributed by atoms with Crippen molar-refractivity contribution in [1.82, 2.24) is 9.88 Å². The first-order chi connectivity index (χ1) is 8.22. The molecule has 1 fully saturated rings. The molecule has 92 valence electrons. The van der Waals surface area contributed by atoms with E-state index in [2.05, 4.69) is 20.9 Å². The van der Waals surface area contributed by atoms with Gasteiger partial charge in [0.15, 0.2) is 0 Å². The molecule has 0 aromatic carbocycles. The largest absolute Gasteiger partial charge is 0.338 e. The molecule has 17 heavy (non-hydrogen) atoms. The van der Waals surface area contributed by atoms with Crippen molar-refractivity contribution in [3.63, 3.8) is 0 Å². The van der Waals surface area contributed by atoms with Gasteiger partial charge in [-0.1, -0.05) is 27.5 Å². The zero-order valence-corrected chi connectivity index (χ0v) is 11.7. The van der Waals surface area contributed by atoms with Crippen LogP contribution in [0.25, 0.3) is 0 Å². The zero-order valence-electron chi connectivity index (χ0n) is 9.40. The second kappa shape index (κ2) is 5.83. The third-order valence-electron chi connectivity index (χ3n) is 3.03. The Morgan fingerprint density at radius 2 is 2.47 bits per heavy atom. The normalized spacial score (nSPS) is 20.4. The molecule has 1 amide bonds. The van der Waals surface area contributed by atoms with Crippen molar-refractivity contribution in [2.45, 2.75) is 12.8 Å². The minimum absolute atomic E-state index is 0.0167. The van der Waals surface area contributed by atoms with Crippen molar-refractivity contribution in [3.8, 4) is 0 Å². The van der Waals surface area contributed by atoms with E-state index in [0.717, 1.165) is 24.8 Å². The Labute approximate surface area is 114 Å². The van der Waals surface area contributed by atoms with Gasteiger partial charge in [0.2, 0.25) is 0 Å². The summed E-state index contributed by atoms with van der Waals surface area (Å²) in [5.74, 6) is 0.566. The molecule has 0 spiro atoms. The van der Waals surface area contributed by atoms with Gasteiger partial charge in [0.05, 0.1) is 10.6 Å². The summed E-state index contributed by atoms with van der Waals surface area (Å²) in [6, 6.07) is 1.68. The maximum Gasteiger partial charge on any atom is 0.255 e. The number of nitrogens with zero attached hydrogens (tertiary/aromatic N) is 2. The number of pyridine rings is 1. The SMILES string of the molecule is O=C(c1ccncc1Cl)N1CCCC(CBr)C1. The highest BCUT2D eigenvalue weighted by molar-refractivity contribution is 9.09. The third kappa shape index (κ3) is 2.99. The number of amides is 1. The Hall–Kier alpha value is -0.610. The topological polar surface area (TPSA) is 33.2 Å². The Balaban J connectivity index is 2.12. The summed E-state index contributed by atoms with van der Waals surface area (Å²) in [4.78, 5) is 18.1. The summed E-state index contributed by atoms with van der Waals surface area (Å²) >= 11 is 9.47. The predicted octanol–water partition coefficient (Wildman–Crippen LogP) is 2.98. The summed E-state index contributed by atoms with van der Waals surface area (Å²) in [5, 5.41) is 1.37. The fourth-order valence-electron chi connectivity index (χ4n) is 2.09. The van der Waals surface area contributed by atoms with Crippen LogP contribution in [-0.2, 0) is 0 Å². The van der Waals surface area contributed by atoms with E-state index in [4.69, 9.17) is 11.6 Å². The molecule has 1 aromatic heterocycles. The summed E-state index contributed by atoms with van der Waals surface area (Å²) in [7, 11) is 0. The summed E-state index contributed by atoms with van der Waals surface area (Å²) in [5.41, 5.74) is 0.553. The molecule has 0 saturated carbocycles. The number of piperidine rings is 1. The molecule has 1 aliphatic heterocycles. The van der Waals surface area contributed by atoms with E-state index in [1.165, 1.54) is 12.6 Å². The molecule has 0 N–H and O–H groups in total. The van der Waals surface area contributed by atoms with E-state index >= 15 is 0 Å². The van der Waals surface area contributed by atoms with Crippen molar-refractivity contribution >= 4 is 33.4 Å². The van der Waals surface area contributed by atoms with E-state index in [1.807, 2.05) is 4.90 Å². The van der Waals surface area contributed by atoms with Gasteiger partial charge < -0.3 is 4.90 Å². The van der Waals surface area contributed by atoms with Gasteiger partial charge in [0.25, 0.3) is 5.91 Å². The highest BCUT2D eigenvalue weighted by atomic mass is 79.9. The standard InChI is InChI=1S/C12H14BrClN2O/c13-6-9-2-1-5-16(8-9)12(17)10-3-4-15-7-11(10)14/h3-4,7,9H,1-2,5-6,8H2. The van der Waals surface area contributed by atoms with Crippen LogP contribution >= 0.6 is 27.5 Å². The van der Waals surface area contributed by atoms with E-state index in [9.17, 15) is 4.79 Å². The van der Waals surface area contributed by atoms with E-state index < -0.39 is 0 Å². The predicted molar refractivity (Wildman–Crippen MR) is 71.7 cm³/mol. The fraction of sp³-hybridized carbons (Fsp3) is 0.500. The number of hydrogen-bond donors (Lipinski definition) is 0. The molecule has 1 atom stereocenters. The average Bonchev–Trinajstić information content (AvgIpc) is 2.38. The van der Waals surface area contributed by atoms with Gasteiger partial charge in [-0.3, -0.25) is 9.78 Å². The second-order valence-electron chi connectivity index (χ2n) is 4.27. The Bertz CT molecular complexity index is 413. The molecule has 1 saturated heterocycles. The van der Waals surface area contributed by atoms with Crippen LogP contribution in [0.15, 0.2) is 18.5 Å². The van der Waals surface area contributed by atoms with Gasteiger partial charge in [-0.05, 0) is 24.8 Å². The van der Waals surface area contributed by atoms with Crippen LogP contribution in [0.1, 0.15) is 23.2 Å². The molecular formula is C12H14BrClN2O. The van der Waals surface area contributed by atoms with E-state index in [-0.39, 0.29) is 5.91 Å². The van der Waals surface area contributed by atoms with Crippen molar-refractivity contribution in [3.05, 3.63) is 29.0 Å². The lowest BCUT2D eigenvalue weighted by Crippen LogP contribution is -2.40. The monoisotopic (exact) mass is 316 g/mol. The lowest BCUT2D eigenvalue weighted by molar-refractivity contribution is 0.0686. The minimum atomic E-state index is 0.0167. The molecule has 1 aromatic rings. The number of aromatic nitrogens is 1. The van der Waals surface area contributed by atoms with Gasteiger partial charge in [-0.15, -0.1) is 0 Å². The highest BCUT2D eigenvalue weighted by Gasteiger charge is 2.24. The summed E-state index contributed by atoms with van der Waals surface area (Å²) < 4.78 is 0. The Morgan fingerprint density at radius 1 is 1.65 bits per heavy atom. The first-order valence-electron chi connectivity index (χ1n) is 5.67. The second-order valence-corrected chi connectivity index (χ2v) is 5.32. The third-order valence-corrected chi connectivity index (χ3v) is 4.24. The first kappa shape index (κ1) is 12.8. The van der Waals surface area contributed by atoms with Gasteiger partial charge in [-0.25, -0.2) is 0 Å². The average molecular weight is 318 g/mol. The van der Waals surface area contributed by atoms with Gasteiger partial charge >= 0.3 is 0 Å². The highest BCUT2D eigenvalue weighted by Crippen LogP contribution is 2.22. The summed E-state index contributed by atoms with van der Waals surface area (Å²) in [6.45, 7) is 1.63. The molecule has 5 heteroatoms. The van der Waals surface area contributed by atoms with Gasteiger partial charge in [0.1, 0.15) is 0 Å². The molecule has 3 nitrogen and oxygen atoms in total. The van der Waals surface area contributed by atoms with Crippen molar-refractivity contribution in [2.24, 2.45) is 5.92 Å². The zero-order chi connectivity index (χ0) is 12.3. The molecule has 2 heterocycles. The van der Waals surface area contributed by atoms with Gasteiger partial charge in [-0.2, -0.15) is 0 Å². The Kier molecular flexibility index (Phi) is 4.40. The van der Waals surface area contributed by atoms with Crippen LogP contribution in [-0.4, -0.2) is 34.2 Å². The van der Waals surface area contributed by atoms with Crippen LogP contribution < -0.4 is 0 Å². The number of carbonyl (C=O) groups excluding carboxylic acids is 1. The number of halogens is 2. The molecule has 0 aliphatic carbocycles. The Morgan fingerprint density at radius 3 is 3.18 bits per heavy atom. The van der Waals surface area contributed by atoms with Crippen molar-refractivity contribution < 1.29 is 4.79 Å². The molecular weight excluding hydrogens is 304 g/mol.